The first kappa shape index (κ1) is 37.7. The fraction of sp³-hybridized carbons (Fsp3) is 0.529. The summed E-state index contributed by atoms with van der Waals surface area (Å²) >= 11 is 0.986. The Hall–Kier alpha value is -4.00. The zero-order chi connectivity index (χ0) is 37.9. The highest BCUT2D eigenvalue weighted by Gasteiger charge is 2.42. The number of hydrogen-bond acceptors (Lipinski definition) is 11. The molecular formula is C34H39F3N4O9S2. The second kappa shape index (κ2) is 13.8. The van der Waals surface area contributed by atoms with Crippen LogP contribution < -0.4 is 20.7 Å². The second-order valence-electron chi connectivity index (χ2n) is 14.4. The van der Waals surface area contributed by atoms with Crippen molar-refractivity contribution in [2.24, 2.45) is 0 Å². The summed E-state index contributed by atoms with van der Waals surface area (Å²) in [6.45, 7) is 4.45. The number of ether oxygens (including phenoxy) is 3. The minimum atomic E-state index is -4.28. The Kier molecular flexibility index (Phi) is 9.99. The monoisotopic (exact) mass is 768 g/mol. The van der Waals surface area contributed by atoms with Gasteiger partial charge in [0.05, 0.1) is 46.1 Å². The summed E-state index contributed by atoms with van der Waals surface area (Å²) < 4.78 is 93.4. The van der Waals surface area contributed by atoms with Crippen molar-refractivity contribution in [2.45, 2.75) is 115 Å². The van der Waals surface area contributed by atoms with Crippen molar-refractivity contribution in [3.05, 3.63) is 68.4 Å². The standard InChI is InChI=1S/C34H39F3N4O9S2/c1-17-25-28(42)41(34(5,6)30(43)39-52(45,46)33(2,3)4)32(44)40(29(25)51-26(17)27-38-11-12-47-27)16-24(49-21-14-19-8-9-20(15-21)48-19)22-13-18(35)7-10-23(22)50-31(36)37/h7,10-13,19-21,24,31H,8-9,14-16H2,1-6H3,(H,39,43)/t19-,20-,24+/m1/s1. The quantitative estimate of drug-likeness (QED) is 0.210. The molecule has 52 heavy (non-hydrogen) atoms. The lowest BCUT2D eigenvalue weighted by Crippen LogP contribution is -2.58. The number of halogens is 3. The molecule has 2 aliphatic heterocycles. The average molecular weight is 769 g/mol. The largest absolute Gasteiger partial charge is 0.444 e. The molecule has 0 spiro atoms. The van der Waals surface area contributed by atoms with E-state index in [0.29, 0.717) is 27.8 Å². The van der Waals surface area contributed by atoms with E-state index in [4.69, 9.17) is 18.6 Å². The number of nitrogens with zero attached hydrogens (tertiary/aromatic N) is 3. The number of hydrogen-bond donors (Lipinski definition) is 1. The Morgan fingerprint density at radius 1 is 1.13 bits per heavy atom. The molecule has 13 nitrogen and oxygen atoms in total. The number of carbonyl (C=O) groups excluding carboxylic acids is 1. The van der Waals surface area contributed by atoms with Gasteiger partial charge in [0.25, 0.3) is 11.5 Å². The van der Waals surface area contributed by atoms with Gasteiger partial charge < -0.3 is 18.6 Å². The predicted molar refractivity (Wildman–Crippen MR) is 184 cm³/mol. The van der Waals surface area contributed by atoms with Gasteiger partial charge in [-0.05, 0) is 91.0 Å². The van der Waals surface area contributed by atoms with Crippen LogP contribution >= 0.6 is 11.3 Å². The Labute approximate surface area is 300 Å². The molecule has 0 saturated carbocycles. The number of benzene rings is 1. The minimum absolute atomic E-state index is 0.0106. The van der Waals surface area contributed by atoms with Crippen LogP contribution in [0, 0.1) is 12.7 Å². The van der Waals surface area contributed by atoms with Crippen molar-refractivity contribution in [3.8, 4) is 16.5 Å². The highest BCUT2D eigenvalue weighted by molar-refractivity contribution is 7.91. The number of alkyl halides is 2. The Morgan fingerprint density at radius 2 is 1.81 bits per heavy atom. The van der Waals surface area contributed by atoms with E-state index in [9.17, 15) is 36.0 Å². The third kappa shape index (κ3) is 7.04. The smallest absolute Gasteiger partial charge is 0.387 e. The van der Waals surface area contributed by atoms with Crippen LogP contribution in [0.4, 0.5) is 13.2 Å². The summed E-state index contributed by atoms with van der Waals surface area (Å²) in [5.41, 5.74) is -3.81. The molecule has 5 heterocycles. The lowest BCUT2D eigenvalue weighted by Gasteiger charge is -2.33. The highest BCUT2D eigenvalue weighted by Crippen LogP contribution is 2.40. The summed E-state index contributed by atoms with van der Waals surface area (Å²) in [5.74, 6) is -2.18. The molecule has 1 amide bonds. The van der Waals surface area contributed by atoms with E-state index in [1.165, 1.54) is 47.1 Å². The highest BCUT2D eigenvalue weighted by atomic mass is 32.2. The zero-order valence-electron chi connectivity index (χ0n) is 29.3. The van der Waals surface area contributed by atoms with Crippen molar-refractivity contribution in [1.82, 2.24) is 18.8 Å². The third-order valence-corrected chi connectivity index (χ3v) is 12.8. The fourth-order valence-electron chi connectivity index (χ4n) is 6.55. The molecule has 0 radical (unpaired) electrons. The molecule has 4 aromatic rings. The second-order valence-corrected chi connectivity index (χ2v) is 17.9. The van der Waals surface area contributed by atoms with Gasteiger partial charge in [-0.3, -0.25) is 18.9 Å². The summed E-state index contributed by atoms with van der Waals surface area (Å²) in [6, 6.07) is 2.98. The van der Waals surface area contributed by atoms with Crippen LogP contribution in [0.1, 0.15) is 77.5 Å². The first-order chi connectivity index (χ1) is 24.3. The summed E-state index contributed by atoms with van der Waals surface area (Å²) in [5, 5.41) is -0.0106. The van der Waals surface area contributed by atoms with Gasteiger partial charge in [-0.2, -0.15) is 8.78 Å². The number of thiophene rings is 1. The van der Waals surface area contributed by atoms with Crippen LogP contribution in [-0.2, 0) is 36.4 Å². The molecule has 1 N–H and O–H groups in total. The number of oxazole rings is 1. The van der Waals surface area contributed by atoms with Gasteiger partial charge in [0.1, 0.15) is 34.3 Å². The van der Waals surface area contributed by atoms with Gasteiger partial charge in [-0.25, -0.2) is 27.2 Å². The first-order valence-corrected chi connectivity index (χ1v) is 18.9. The molecule has 0 unspecified atom stereocenters. The Balaban J connectivity index is 1.57. The maximum absolute atomic E-state index is 14.9. The van der Waals surface area contributed by atoms with Crippen molar-refractivity contribution in [3.63, 3.8) is 0 Å². The van der Waals surface area contributed by atoms with Crippen LogP contribution in [0.15, 0.2) is 44.7 Å². The molecule has 2 bridgehead atoms. The van der Waals surface area contributed by atoms with Gasteiger partial charge in [0.2, 0.25) is 15.9 Å². The van der Waals surface area contributed by atoms with E-state index in [-0.39, 0.29) is 39.6 Å². The predicted octanol–water partition coefficient (Wildman–Crippen LogP) is 5.38. The number of aryl methyl sites for hydroxylation is 1. The number of aromatic nitrogens is 3. The van der Waals surface area contributed by atoms with Gasteiger partial charge in [0.15, 0.2) is 0 Å². The maximum Gasteiger partial charge on any atom is 0.387 e. The lowest BCUT2D eigenvalue weighted by atomic mass is 10.0. The Morgan fingerprint density at radius 3 is 2.40 bits per heavy atom. The molecule has 1 aromatic carbocycles. The number of amides is 1. The topological polar surface area (TPSA) is 161 Å². The molecular weight excluding hydrogens is 730 g/mol. The maximum atomic E-state index is 14.9. The summed E-state index contributed by atoms with van der Waals surface area (Å²) in [7, 11) is -4.28. The third-order valence-electron chi connectivity index (χ3n) is 9.47. The van der Waals surface area contributed by atoms with Crippen molar-refractivity contribution >= 4 is 37.5 Å². The van der Waals surface area contributed by atoms with E-state index in [1.807, 2.05) is 4.72 Å². The SMILES string of the molecule is Cc1c(-c2ncco2)sc2c1c(=O)n(C(C)(C)C(=O)NS(=O)(=O)C(C)(C)C)c(=O)n2C[C@H](OC1C[C@H]2CC[C@H](C1)O2)c1cc(F)ccc1OC(F)F. The number of sulfonamides is 1. The molecule has 2 saturated heterocycles. The van der Waals surface area contributed by atoms with Gasteiger partial charge in [-0.1, -0.05) is 0 Å². The van der Waals surface area contributed by atoms with E-state index < -0.39 is 68.6 Å². The lowest BCUT2D eigenvalue weighted by molar-refractivity contribution is -0.126. The average Bonchev–Trinajstić information content (AvgIpc) is 3.77. The molecule has 18 heteroatoms. The van der Waals surface area contributed by atoms with E-state index in [1.54, 1.807) is 6.92 Å². The molecule has 3 atom stereocenters. The number of carbonyl (C=O) groups is 1. The van der Waals surface area contributed by atoms with Crippen molar-refractivity contribution < 1.29 is 45.0 Å². The summed E-state index contributed by atoms with van der Waals surface area (Å²) in [4.78, 5) is 47.5. The van der Waals surface area contributed by atoms with E-state index in [0.717, 1.165) is 46.9 Å². The Bertz CT molecular complexity index is 2210. The number of nitrogens with one attached hydrogen (secondary N) is 1. The molecule has 0 aliphatic carbocycles. The van der Waals surface area contributed by atoms with Crippen LogP contribution in [-0.4, -0.2) is 58.1 Å². The molecule has 2 fully saturated rings. The van der Waals surface area contributed by atoms with Gasteiger partial charge in [-0.15, -0.1) is 11.3 Å². The number of fused-ring (bicyclic) bond motifs is 3. The molecule has 6 rings (SSSR count). The van der Waals surface area contributed by atoms with E-state index >= 15 is 0 Å². The minimum Gasteiger partial charge on any atom is -0.444 e. The van der Waals surface area contributed by atoms with E-state index in [2.05, 4.69) is 4.98 Å². The number of rotatable bonds is 11. The molecule has 3 aromatic heterocycles. The van der Waals surface area contributed by atoms with Crippen LogP contribution in [0.3, 0.4) is 0 Å². The van der Waals surface area contributed by atoms with Crippen molar-refractivity contribution in [1.29, 1.82) is 0 Å². The van der Waals surface area contributed by atoms with Crippen LogP contribution in [0.25, 0.3) is 21.0 Å². The molecule has 2 aliphatic rings. The normalized spacial score (nSPS) is 20.1. The van der Waals surface area contributed by atoms with Crippen LogP contribution in [0.2, 0.25) is 0 Å². The van der Waals surface area contributed by atoms with Gasteiger partial charge >= 0.3 is 12.3 Å². The van der Waals surface area contributed by atoms with Crippen molar-refractivity contribution in [2.75, 3.05) is 0 Å². The first-order valence-electron chi connectivity index (χ1n) is 16.6. The van der Waals surface area contributed by atoms with Gasteiger partial charge in [0, 0.05) is 5.56 Å². The zero-order valence-corrected chi connectivity index (χ0v) is 30.9. The fourth-order valence-corrected chi connectivity index (χ4v) is 8.59. The molecule has 282 valence electrons. The summed E-state index contributed by atoms with van der Waals surface area (Å²) in [6.07, 6.45) is 3.27. The van der Waals surface area contributed by atoms with Crippen LogP contribution in [0.5, 0.6) is 5.75 Å².